The smallest absolute Gasteiger partial charge is 0.326 e. The summed E-state index contributed by atoms with van der Waals surface area (Å²) < 4.78 is 38.8. The Hall–Kier alpha value is -1.46. The van der Waals surface area contributed by atoms with Gasteiger partial charge in [0, 0.05) is 16.3 Å². The summed E-state index contributed by atoms with van der Waals surface area (Å²) in [6.07, 6.45) is -4.38. The van der Waals surface area contributed by atoms with Crippen molar-refractivity contribution in [3.63, 3.8) is 0 Å². The van der Waals surface area contributed by atoms with Crippen molar-refractivity contribution in [1.82, 2.24) is 0 Å². The van der Waals surface area contributed by atoms with Crippen LogP contribution in [0.4, 0.5) is 13.2 Å². The molecule has 0 aliphatic heterocycles. The molecule has 0 spiro atoms. The molecule has 106 valence electrons. The van der Waals surface area contributed by atoms with Crippen LogP contribution in [0.5, 0.6) is 0 Å². The SMILES string of the molecule is Cc1ccc(Sc2ccc(CN)c(C(F)(F)F)c2)cc1. The average molecular weight is 297 g/mol. The van der Waals surface area contributed by atoms with Gasteiger partial charge in [-0.1, -0.05) is 35.5 Å². The van der Waals surface area contributed by atoms with Crippen molar-refractivity contribution in [2.45, 2.75) is 29.4 Å². The van der Waals surface area contributed by atoms with Crippen LogP contribution in [-0.2, 0) is 12.7 Å². The molecule has 1 nitrogen and oxygen atoms in total. The lowest BCUT2D eigenvalue weighted by atomic mass is 10.1. The second kappa shape index (κ2) is 5.89. The van der Waals surface area contributed by atoms with Crippen LogP contribution in [0.25, 0.3) is 0 Å². The zero-order valence-electron chi connectivity index (χ0n) is 10.9. The molecule has 0 radical (unpaired) electrons. The first-order chi connectivity index (χ1) is 9.40. The van der Waals surface area contributed by atoms with E-state index in [1.807, 2.05) is 31.2 Å². The number of halogens is 3. The van der Waals surface area contributed by atoms with E-state index < -0.39 is 11.7 Å². The molecule has 2 aromatic carbocycles. The molecule has 20 heavy (non-hydrogen) atoms. The number of nitrogens with two attached hydrogens (primary N) is 1. The Morgan fingerprint density at radius 1 is 1.00 bits per heavy atom. The van der Waals surface area contributed by atoms with E-state index in [0.29, 0.717) is 4.90 Å². The first-order valence-corrected chi connectivity index (χ1v) is 6.86. The third kappa shape index (κ3) is 3.55. The maximum Gasteiger partial charge on any atom is 0.416 e. The third-order valence-corrected chi connectivity index (χ3v) is 3.86. The predicted molar refractivity (Wildman–Crippen MR) is 74.6 cm³/mol. The molecular weight excluding hydrogens is 283 g/mol. The summed E-state index contributed by atoms with van der Waals surface area (Å²) in [7, 11) is 0. The molecular formula is C15H14F3NS. The highest BCUT2D eigenvalue weighted by Crippen LogP contribution is 2.36. The molecule has 0 atom stereocenters. The summed E-state index contributed by atoms with van der Waals surface area (Å²) in [6, 6.07) is 11.9. The topological polar surface area (TPSA) is 26.0 Å². The lowest BCUT2D eigenvalue weighted by molar-refractivity contribution is -0.138. The lowest BCUT2D eigenvalue weighted by Gasteiger charge is -2.13. The summed E-state index contributed by atoms with van der Waals surface area (Å²) in [4.78, 5) is 1.46. The Kier molecular flexibility index (Phi) is 4.40. The van der Waals surface area contributed by atoms with Gasteiger partial charge in [0.1, 0.15) is 0 Å². The molecule has 0 aliphatic carbocycles. The standard InChI is InChI=1S/C15H14F3NS/c1-10-2-5-12(6-3-10)20-13-7-4-11(9-19)14(8-13)15(16,17)18/h2-8H,9,19H2,1H3. The summed E-state index contributed by atoms with van der Waals surface area (Å²) in [6.45, 7) is 1.84. The largest absolute Gasteiger partial charge is 0.416 e. The Bertz CT molecular complexity index is 591. The van der Waals surface area contributed by atoms with Crippen molar-refractivity contribution in [3.8, 4) is 0 Å². The number of alkyl halides is 3. The molecule has 0 fully saturated rings. The lowest BCUT2D eigenvalue weighted by Crippen LogP contribution is -2.11. The molecule has 2 aromatic rings. The number of benzene rings is 2. The van der Waals surface area contributed by atoms with Crippen molar-refractivity contribution in [1.29, 1.82) is 0 Å². The van der Waals surface area contributed by atoms with Crippen molar-refractivity contribution >= 4 is 11.8 Å². The average Bonchev–Trinajstić information content (AvgIpc) is 2.40. The minimum absolute atomic E-state index is 0.116. The fourth-order valence-corrected chi connectivity index (χ4v) is 2.66. The van der Waals surface area contributed by atoms with E-state index in [-0.39, 0.29) is 12.1 Å². The van der Waals surface area contributed by atoms with Gasteiger partial charge in [-0.2, -0.15) is 13.2 Å². The van der Waals surface area contributed by atoms with E-state index in [0.717, 1.165) is 16.5 Å². The second-order valence-electron chi connectivity index (χ2n) is 4.44. The molecule has 2 rings (SSSR count). The Morgan fingerprint density at radius 2 is 1.60 bits per heavy atom. The van der Waals surface area contributed by atoms with Crippen molar-refractivity contribution in [2.24, 2.45) is 5.73 Å². The highest BCUT2D eigenvalue weighted by molar-refractivity contribution is 7.99. The minimum atomic E-state index is -4.38. The van der Waals surface area contributed by atoms with Crippen LogP contribution in [0, 0.1) is 6.92 Å². The molecule has 0 aliphatic rings. The number of aryl methyl sites for hydroxylation is 1. The van der Waals surface area contributed by atoms with E-state index in [4.69, 9.17) is 5.73 Å². The Morgan fingerprint density at radius 3 is 2.15 bits per heavy atom. The minimum Gasteiger partial charge on any atom is -0.326 e. The zero-order valence-corrected chi connectivity index (χ0v) is 11.7. The monoisotopic (exact) mass is 297 g/mol. The van der Waals surface area contributed by atoms with Crippen LogP contribution >= 0.6 is 11.8 Å². The molecule has 0 amide bonds. The predicted octanol–water partition coefficient (Wildman–Crippen LogP) is 4.62. The fourth-order valence-electron chi connectivity index (χ4n) is 1.80. The number of rotatable bonds is 3. The van der Waals surface area contributed by atoms with Gasteiger partial charge in [-0.25, -0.2) is 0 Å². The second-order valence-corrected chi connectivity index (χ2v) is 5.58. The molecule has 0 heterocycles. The highest BCUT2D eigenvalue weighted by Gasteiger charge is 2.33. The van der Waals surface area contributed by atoms with Crippen LogP contribution in [0.15, 0.2) is 52.3 Å². The first-order valence-electron chi connectivity index (χ1n) is 6.05. The van der Waals surface area contributed by atoms with Gasteiger partial charge in [-0.15, -0.1) is 0 Å². The van der Waals surface area contributed by atoms with Crippen LogP contribution in [0.1, 0.15) is 16.7 Å². The number of hydrogen-bond acceptors (Lipinski definition) is 2. The number of hydrogen-bond donors (Lipinski definition) is 1. The summed E-state index contributed by atoms with van der Waals surface area (Å²) in [5, 5.41) is 0. The van der Waals surface area contributed by atoms with Gasteiger partial charge in [0.2, 0.25) is 0 Å². The van der Waals surface area contributed by atoms with Gasteiger partial charge in [0.15, 0.2) is 0 Å². The highest BCUT2D eigenvalue weighted by atomic mass is 32.2. The molecule has 2 N–H and O–H groups in total. The zero-order chi connectivity index (χ0) is 14.8. The molecule has 5 heteroatoms. The van der Waals surface area contributed by atoms with E-state index in [9.17, 15) is 13.2 Å². The molecule has 0 aromatic heterocycles. The Labute approximate surface area is 120 Å². The maximum absolute atomic E-state index is 12.9. The van der Waals surface area contributed by atoms with Gasteiger partial charge in [-0.3, -0.25) is 0 Å². The quantitative estimate of drug-likeness (QED) is 0.894. The first kappa shape index (κ1) is 14.9. The van der Waals surface area contributed by atoms with Crippen LogP contribution < -0.4 is 5.73 Å². The van der Waals surface area contributed by atoms with Gasteiger partial charge in [0.25, 0.3) is 0 Å². The van der Waals surface area contributed by atoms with E-state index >= 15 is 0 Å². The van der Waals surface area contributed by atoms with Crippen molar-refractivity contribution < 1.29 is 13.2 Å². The van der Waals surface area contributed by atoms with E-state index in [1.165, 1.54) is 17.8 Å². The van der Waals surface area contributed by atoms with E-state index in [2.05, 4.69) is 0 Å². The normalized spacial score (nSPS) is 11.7. The van der Waals surface area contributed by atoms with Crippen LogP contribution in [-0.4, -0.2) is 0 Å². The van der Waals surface area contributed by atoms with Gasteiger partial charge < -0.3 is 5.73 Å². The Balaban J connectivity index is 2.31. The summed E-state index contributed by atoms with van der Waals surface area (Å²) in [5.74, 6) is 0. The van der Waals surface area contributed by atoms with Crippen molar-refractivity contribution in [3.05, 3.63) is 59.2 Å². The van der Waals surface area contributed by atoms with E-state index in [1.54, 1.807) is 6.07 Å². The molecule has 0 saturated carbocycles. The van der Waals surface area contributed by atoms with Crippen LogP contribution in [0.3, 0.4) is 0 Å². The van der Waals surface area contributed by atoms with Crippen molar-refractivity contribution in [2.75, 3.05) is 0 Å². The summed E-state index contributed by atoms with van der Waals surface area (Å²) >= 11 is 1.30. The maximum atomic E-state index is 12.9. The van der Waals surface area contributed by atoms with Gasteiger partial charge in [0.05, 0.1) is 5.56 Å². The molecule has 0 saturated heterocycles. The fraction of sp³-hybridized carbons (Fsp3) is 0.200. The van der Waals surface area contributed by atoms with Crippen LogP contribution in [0.2, 0.25) is 0 Å². The molecule has 0 unspecified atom stereocenters. The van der Waals surface area contributed by atoms with Gasteiger partial charge in [-0.05, 0) is 36.8 Å². The van der Waals surface area contributed by atoms with Gasteiger partial charge >= 0.3 is 6.18 Å². The third-order valence-electron chi connectivity index (χ3n) is 2.86. The molecule has 0 bridgehead atoms. The summed E-state index contributed by atoms with van der Waals surface area (Å²) in [5.41, 5.74) is 5.94.